The molecule has 5 aromatic rings. The molecular formula is C29H27Cl2N5O3. The average molecular weight is 564 g/mol. The van der Waals surface area contributed by atoms with Crippen molar-refractivity contribution in [3.05, 3.63) is 93.5 Å². The maximum Gasteiger partial charge on any atom is 0.252 e. The third-order valence-electron chi connectivity index (χ3n) is 6.67. The van der Waals surface area contributed by atoms with Crippen molar-refractivity contribution < 1.29 is 9.53 Å². The van der Waals surface area contributed by atoms with Crippen molar-refractivity contribution in [2.24, 2.45) is 7.05 Å². The molecule has 3 aromatic heterocycles. The van der Waals surface area contributed by atoms with E-state index in [2.05, 4.69) is 10.1 Å². The highest BCUT2D eigenvalue weighted by Gasteiger charge is 2.24. The lowest BCUT2D eigenvalue weighted by molar-refractivity contribution is -0.121. The molecule has 1 unspecified atom stereocenters. The van der Waals surface area contributed by atoms with Gasteiger partial charge in [-0.3, -0.25) is 14.3 Å². The number of nitrogens with zero attached hydrogens (tertiary/aromatic N) is 5. The minimum atomic E-state index is -0.638. The van der Waals surface area contributed by atoms with E-state index in [-0.39, 0.29) is 17.8 Å². The number of methoxy groups -OCH3 is 1. The number of rotatable bonds is 9. The molecule has 0 aliphatic rings. The number of hydrogen-bond donors (Lipinski definition) is 0. The molecule has 0 bridgehead atoms. The number of benzene rings is 2. The number of fused-ring (bicyclic) bond motifs is 1. The van der Waals surface area contributed by atoms with Crippen LogP contribution in [0.2, 0.25) is 10.2 Å². The number of Topliss-reactive ketones (excluding diaryl/α,β-unsaturated/α-hetero) is 1. The molecule has 0 fully saturated rings. The van der Waals surface area contributed by atoms with Crippen LogP contribution in [0.3, 0.4) is 0 Å². The molecule has 200 valence electrons. The Labute approximate surface area is 235 Å². The van der Waals surface area contributed by atoms with Crippen LogP contribution in [0.15, 0.2) is 72.2 Å². The van der Waals surface area contributed by atoms with Crippen LogP contribution in [0, 0.1) is 0 Å². The lowest BCUT2D eigenvalue weighted by atomic mass is 9.98. The molecular weight excluding hydrogens is 537 g/mol. The SMILES string of the molecule is CCCC(C(=O)Cc1ccc2nn(C)cc2c1)n1cc(OC)c(-c2cc(Cl)ccc2-n2cnc(Cl)c2)cc1=O. The number of aryl methyl sites for hydroxylation is 1. The summed E-state index contributed by atoms with van der Waals surface area (Å²) in [6, 6.07) is 12.0. The van der Waals surface area contributed by atoms with Crippen LogP contribution in [0.4, 0.5) is 0 Å². The number of pyridine rings is 1. The smallest absolute Gasteiger partial charge is 0.252 e. The number of ether oxygens (including phenoxy) is 1. The second-order valence-corrected chi connectivity index (χ2v) is 10.2. The maximum absolute atomic E-state index is 13.6. The Kier molecular flexibility index (Phi) is 7.59. The van der Waals surface area contributed by atoms with Crippen LogP contribution >= 0.6 is 23.2 Å². The molecule has 5 rings (SSSR count). The molecule has 39 heavy (non-hydrogen) atoms. The molecule has 2 aromatic carbocycles. The summed E-state index contributed by atoms with van der Waals surface area (Å²) in [6.45, 7) is 1.99. The first kappa shape index (κ1) is 26.7. The van der Waals surface area contributed by atoms with Gasteiger partial charge >= 0.3 is 0 Å². The lowest BCUT2D eigenvalue weighted by Crippen LogP contribution is -2.30. The van der Waals surface area contributed by atoms with Gasteiger partial charge in [-0.15, -0.1) is 0 Å². The number of hydrogen-bond acceptors (Lipinski definition) is 5. The summed E-state index contributed by atoms with van der Waals surface area (Å²) >= 11 is 12.4. The van der Waals surface area contributed by atoms with Gasteiger partial charge in [-0.2, -0.15) is 5.10 Å². The summed E-state index contributed by atoms with van der Waals surface area (Å²) in [4.78, 5) is 31.2. The maximum atomic E-state index is 13.6. The van der Waals surface area contributed by atoms with Crippen molar-refractivity contribution in [2.75, 3.05) is 7.11 Å². The number of imidazole rings is 1. The first-order chi connectivity index (χ1) is 18.8. The van der Waals surface area contributed by atoms with Gasteiger partial charge in [-0.1, -0.05) is 42.6 Å². The molecule has 0 aliphatic carbocycles. The minimum absolute atomic E-state index is 0.0477. The van der Waals surface area contributed by atoms with Crippen LogP contribution in [-0.4, -0.2) is 36.8 Å². The molecule has 0 amide bonds. The summed E-state index contributed by atoms with van der Waals surface area (Å²) in [6.07, 6.45) is 8.24. The second kappa shape index (κ2) is 11.1. The highest BCUT2D eigenvalue weighted by molar-refractivity contribution is 6.31. The third kappa shape index (κ3) is 5.48. The highest BCUT2D eigenvalue weighted by atomic mass is 35.5. The van der Waals surface area contributed by atoms with E-state index in [9.17, 15) is 9.59 Å². The normalized spacial score (nSPS) is 12.1. The fourth-order valence-corrected chi connectivity index (χ4v) is 5.20. The van der Waals surface area contributed by atoms with Crippen molar-refractivity contribution in [1.29, 1.82) is 0 Å². The van der Waals surface area contributed by atoms with Crippen LogP contribution < -0.4 is 10.3 Å². The van der Waals surface area contributed by atoms with E-state index in [1.165, 1.54) is 17.7 Å². The topological polar surface area (TPSA) is 83.9 Å². The predicted octanol–water partition coefficient (Wildman–Crippen LogP) is 6.06. The number of aromatic nitrogens is 5. The van der Waals surface area contributed by atoms with Crippen molar-refractivity contribution in [2.45, 2.75) is 32.2 Å². The monoisotopic (exact) mass is 563 g/mol. The molecule has 3 heterocycles. The Morgan fingerprint density at radius 2 is 1.87 bits per heavy atom. The van der Waals surface area contributed by atoms with E-state index in [0.717, 1.165) is 28.6 Å². The van der Waals surface area contributed by atoms with Crippen molar-refractivity contribution in [3.8, 4) is 22.6 Å². The first-order valence-corrected chi connectivity index (χ1v) is 13.3. The fraction of sp³-hybridized carbons (Fsp3) is 0.241. The molecule has 0 aliphatic heterocycles. The predicted molar refractivity (Wildman–Crippen MR) is 153 cm³/mol. The van der Waals surface area contributed by atoms with E-state index in [0.29, 0.717) is 33.5 Å². The molecule has 0 saturated heterocycles. The standard InChI is InChI=1S/C29H27Cl2N5O3/c1-4-5-25(26(37)11-18-6-8-23-19(10-18)14-34(2)33-23)36-15-27(39-3)22(13-29(36)38)21-12-20(30)7-9-24(21)35-16-28(31)32-17-35/h6-10,12-17,25H,4-5,11H2,1-3H3. The molecule has 0 saturated carbocycles. The van der Waals surface area contributed by atoms with Gasteiger partial charge in [0.1, 0.15) is 17.2 Å². The summed E-state index contributed by atoms with van der Waals surface area (Å²) in [5, 5.41) is 6.19. The fourth-order valence-electron chi connectivity index (χ4n) is 4.88. The molecule has 10 heteroatoms. The number of carbonyl (C=O) groups excluding carboxylic acids is 1. The lowest BCUT2D eigenvalue weighted by Gasteiger charge is -2.21. The summed E-state index contributed by atoms with van der Waals surface area (Å²) in [7, 11) is 3.40. The average Bonchev–Trinajstić information content (AvgIpc) is 3.51. The van der Waals surface area contributed by atoms with Gasteiger partial charge in [0, 0.05) is 53.5 Å². The minimum Gasteiger partial charge on any atom is -0.495 e. The van der Waals surface area contributed by atoms with Crippen LogP contribution in [0.1, 0.15) is 31.4 Å². The summed E-state index contributed by atoms with van der Waals surface area (Å²) < 4.78 is 10.7. The number of halogens is 2. The van der Waals surface area contributed by atoms with Gasteiger partial charge < -0.3 is 13.9 Å². The molecule has 0 N–H and O–H groups in total. The first-order valence-electron chi connectivity index (χ1n) is 12.5. The zero-order valence-corrected chi connectivity index (χ0v) is 23.3. The highest BCUT2D eigenvalue weighted by Crippen LogP contribution is 2.36. The van der Waals surface area contributed by atoms with Crippen LogP contribution in [0.25, 0.3) is 27.7 Å². The van der Waals surface area contributed by atoms with E-state index >= 15 is 0 Å². The van der Waals surface area contributed by atoms with Crippen LogP contribution in [-0.2, 0) is 18.3 Å². The van der Waals surface area contributed by atoms with E-state index in [1.54, 1.807) is 40.1 Å². The van der Waals surface area contributed by atoms with E-state index < -0.39 is 6.04 Å². The van der Waals surface area contributed by atoms with Gasteiger partial charge in [0.05, 0.1) is 30.6 Å². The number of carbonyl (C=O) groups is 1. The van der Waals surface area contributed by atoms with Crippen molar-refractivity contribution in [3.63, 3.8) is 0 Å². The van der Waals surface area contributed by atoms with Gasteiger partial charge in [0.25, 0.3) is 5.56 Å². The Morgan fingerprint density at radius 3 is 2.59 bits per heavy atom. The van der Waals surface area contributed by atoms with Gasteiger partial charge in [-0.25, -0.2) is 4.98 Å². The van der Waals surface area contributed by atoms with E-state index in [4.69, 9.17) is 27.9 Å². The largest absolute Gasteiger partial charge is 0.495 e. The molecule has 0 radical (unpaired) electrons. The molecule has 1 atom stereocenters. The zero-order valence-electron chi connectivity index (χ0n) is 21.8. The van der Waals surface area contributed by atoms with Crippen molar-refractivity contribution >= 4 is 39.9 Å². The Morgan fingerprint density at radius 1 is 1.05 bits per heavy atom. The Hall–Kier alpha value is -3.88. The third-order valence-corrected chi connectivity index (χ3v) is 7.10. The second-order valence-electron chi connectivity index (χ2n) is 9.41. The Balaban J connectivity index is 1.54. The molecule has 8 nitrogen and oxygen atoms in total. The quantitative estimate of drug-likeness (QED) is 0.218. The van der Waals surface area contributed by atoms with Crippen molar-refractivity contribution in [1.82, 2.24) is 23.9 Å². The van der Waals surface area contributed by atoms with Crippen LogP contribution in [0.5, 0.6) is 5.75 Å². The van der Waals surface area contributed by atoms with Gasteiger partial charge in [0.15, 0.2) is 5.78 Å². The summed E-state index contributed by atoms with van der Waals surface area (Å²) in [5.41, 5.74) is 3.37. The van der Waals surface area contributed by atoms with Gasteiger partial charge in [0.2, 0.25) is 0 Å². The molecule has 0 spiro atoms. The Bertz CT molecular complexity index is 1740. The zero-order chi connectivity index (χ0) is 27.7. The van der Waals surface area contributed by atoms with E-state index in [1.807, 2.05) is 44.4 Å². The van der Waals surface area contributed by atoms with Gasteiger partial charge in [-0.05, 0) is 42.3 Å². The number of ketones is 1. The summed E-state index contributed by atoms with van der Waals surface area (Å²) in [5.74, 6) is 0.392.